The van der Waals surface area contributed by atoms with Gasteiger partial charge in [-0.15, -0.1) is 0 Å². The van der Waals surface area contributed by atoms with Crippen LogP contribution >= 0.6 is 0 Å². The van der Waals surface area contributed by atoms with E-state index in [1.165, 1.54) is 7.11 Å². The van der Waals surface area contributed by atoms with Crippen LogP contribution in [0.2, 0.25) is 0 Å². The summed E-state index contributed by atoms with van der Waals surface area (Å²) in [5.41, 5.74) is 0.234. The number of methoxy groups -OCH3 is 1. The van der Waals surface area contributed by atoms with Gasteiger partial charge in [-0.3, -0.25) is 0 Å². The second-order valence-electron chi connectivity index (χ2n) is 5.92. The summed E-state index contributed by atoms with van der Waals surface area (Å²) in [4.78, 5) is 0. The first-order valence-electron chi connectivity index (χ1n) is 6.66. The summed E-state index contributed by atoms with van der Waals surface area (Å²) in [5, 5.41) is 9.55. The van der Waals surface area contributed by atoms with Gasteiger partial charge in [0.2, 0.25) is 0 Å². The largest absolute Gasteiger partial charge is 0.504 e. The number of phenols is 1. The molecule has 0 saturated carbocycles. The van der Waals surface area contributed by atoms with Crippen LogP contribution in [0.25, 0.3) is 6.08 Å². The smallest absolute Gasteiger partial charge is 0.487 e. The van der Waals surface area contributed by atoms with Gasteiger partial charge in [0.25, 0.3) is 0 Å². The van der Waals surface area contributed by atoms with E-state index in [2.05, 4.69) is 0 Å². The van der Waals surface area contributed by atoms with Crippen molar-refractivity contribution in [1.82, 2.24) is 0 Å². The highest BCUT2D eigenvalue weighted by Crippen LogP contribution is 2.37. The summed E-state index contributed by atoms with van der Waals surface area (Å²) in [5.74, 6) is 2.43. The average Bonchev–Trinajstić information content (AvgIpc) is 2.57. The maximum absolute atomic E-state index is 9.55. The van der Waals surface area contributed by atoms with E-state index in [1.54, 1.807) is 18.2 Å². The van der Waals surface area contributed by atoms with Crippen LogP contribution in [0.3, 0.4) is 0 Å². The van der Waals surface area contributed by atoms with Crippen molar-refractivity contribution in [3.8, 4) is 11.5 Å². The summed E-state index contributed by atoms with van der Waals surface area (Å²) in [6, 6.07) is 5.17. The van der Waals surface area contributed by atoms with Crippen molar-refractivity contribution in [2.45, 2.75) is 38.9 Å². The molecular formula is C15H21BO4. The Balaban J connectivity index is 2.12. The van der Waals surface area contributed by atoms with Crippen LogP contribution in [0.4, 0.5) is 0 Å². The first-order valence-corrected chi connectivity index (χ1v) is 6.66. The van der Waals surface area contributed by atoms with Crippen molar-refractivity contribution < 1.29 is 19.2 Å². The number of hydrogen-bond donors (Lipinski definition) is 1. The van der Waals surface area contributed by atoms with Crippen molar-refractivity contribution in [3.05, 3.63) is 29.7 Å². The van der Waals surface area contributed by atoms with Crippen LogP contribution in [-0.4, -0.2) is 30.5 Å². The molecule has 2 rings (SSSR count). The zero-order chi connectivity index (χ0) is 15.0. The molecule has 0 unspecified atom stereocenters. The normalized spacial score (nSPS) is 20.6. The summed E-state index contributed by atoms with van der Waals surface area (Å²) in [6.07, 6.45) is 1.89. The topological polar surface area (TPSA) is 47.9 Å². The molecule has 1 aliphatic heterocycles. The number of aromatic hydroxyl groups is 1. The SMILES string of the molecule is COc1cc(/C=C/B2OC(C)(C)C(C)(C)O2)ccc1O. The quantitative estimate of drug-likeness (QED) is 0.862. The van der Waals surface area contributed by atoms with Crippen LogP contribution < -0.4 is 4.74 Å². The molecule has 1 fully saturated rings. The van der Waals surface area contributed by atoms with E-state index in [1.807, 2.05) is 39.7 Å². The molecule has 20 heavy (non-hydrogen) atoms. The molecule has 0 aromatic heterocycles. The van der Waals surface area contributed by atoms with Crippen LogP contribution in [-0.2, 0) is 9.31 Å². The van der Waals surface area contributed by atoms with E-state index in [0.29, 0.717) is 5.75 Å². The Bertz CT molecular complexity index is 507. The number of benzene rings is 1. The van der Waals surface area contributed by atoms with E-state index in [-0.39, 0.29) is 24.1 Å². The second-order valence-corrected chi connectivity index (χ2v) is 5.92. The monoisotopic (exact) mass is 276 g/mol. The van der Waals surface area contributed by atoms with Crippen LogP contribution in [0.1, 0.15) is 33.3 Å². The van der Waals surface area contributed by atoms with Gasteiger partial charge in [0.1, 0.15) is 0 Å². The summed E-state index contributed by atoms with van der Waals surface area (Å²) < 4.78 is 16.8. The Hall–Kier alpha value is -1.46. The molecule has 0 aliphatic carbocycles. The molecular weight excluding hydrogens is 255 g/mol. The second kappa shape index (κ2) is 5.15. The number of ether oxygens (including phenoxy) is 1. The molecule has 108 valence electrons. The zero-order valence-electron chi connectivity index (χ0n) is 12.6. The third-order valence-corrected chi connectivity index (χ3v) is 3.92. The van der Waals surface area contributed by atoms with E-state index in [9.17, 15) is 5.11 Å². The molecule has 0 atom stereocenters. The lowest BCUT2D eigenvalue weighted by Crippen LogP contribution is -2.41. The third-order valence-electron chi connectivity index (χ3n) is 3.92. The molecule has 1 heterocycles. The van der Waals surface area contributed by atoms with Gasteiger partial charge in [-0.25, -0.2) is 0 Å². The van der Waals surface area contributed by atoms with Gasteiger partial charge in [-0.05, 0) is 45.4 Å². The maximum atomic E-state index is 9.55. The molecule has 1 aromatic carbocycles. The van der Waals surface area contributed by atoms with Gasteiger partial charge in [0.05, 0.1) is 18.3 Å². The fraction of sp³-hybridized carbons (Fsp3) is 0.467. The van der Waals surface area contributed by atoms with Gasteiger partial charge in [0, 0.05) is 0 Å². The molecule has 4 nitrogen and oxygen atoms in total. The van der Waals surface area contributed by atoms with Gasteiger partial charge in [-0.2, -0.15) is 0 Å². The predicted octanol–water partition coefficient (Wildman–Crippen LogP) is 3.05. The molecule has 1 saturated heterocycles. The summed E-state index contributed by atoms with van der Waals surface area (Å²) >= 11 is 0. The fourth-order valence-corrected chi connectivity index (χ4v) is 1.95. The van der Waals surface area contributed by atoms with Gasteiger partial charge in [-0.1, -0.05) is 18.1 Å². The molecule has 0 spiro atoms. The Kier molecular flexibility index (Phi) is 3.85. The van der Waals surface area contributed by atoms with Gasteiger partial charge < -0.3 is 19.2 Å². The molecule has 1 aromatic rings. The lowest BCUT2D eigenvalue weighted by Gasteiger charge is -2.32. The summed E-state index contributed by atoms with van der Waals surface area (Å²) in [6.45, 7) is 8.07. The van der Waals surface area contributed by atoms with E-state index in [0.717, 1.165) is 5.56 Å². The number of rotatable bonds is 3. The van der Waals surface area contributed by atoms with Crippen LogP contribution in [0.5, 0.6) is 11.5 Å². The van der Waals surface area contributed by atoms with Crippen molar-refractivity contribution in [3.63, 3.8) is 0 Å². The molecule has 1 N–H and O–H groups in total. The Labute approximate surface area is 120 Å². The molecule has 5 heteroatoms. The lowest BCUT2D eigenvalue weighted by atomic mass is 9.89. The molecule has 0 bridgehead atoms. The molecule has 0 amide bonds. The fourth-order valence-electron chi connectivity index (χ4n) is 1.95. The average molecular weight is 276 g/mol. The summed E-state index contributed by atoms with van der Waals surface area (Å²) in [7, 11) is 1.15. The Morgan fingerprint density at radius 1 is 1.15 bits per heavy atom. The van der Waals surface area contributed by atoms with Crippen molar-refractivity contribution in [2.75, 3.05) is 7.11 Å². The molecule has 0 radical (unpaired) electrons. The minimum absolute atomic E-state index is 0.125. The highest BCUT2D eigenvalue weighted by Gasteiger charge is 2.49. The van der Waals surface area contributed by atoms with Crippen molar-refractivity contribution in [2.24, 2.45) is 0 Å². The highest BCUT2D eigenvalue weighted by atomic mass is 16.7. The minimum Gasteiger partial charge on any atom is -0.504 e. The van der Waals surface area contributed by atoms with Crippen LogP contribution in [0, 0.1) is 0 Å². The predicted molar refractivity (Wildman–Crippen MR) is 79.8 cm³/mol. The maximum Gasteiger partial charge on any atom is 0.487 e. The minimum atomic E-state index is -0.375. The molecule has 1 aliphatic rings. The standard InChI is InChI=1S/C15H21BO4/c1-14(2)15(3,4)20-16(19-14)9-8-11-6-7-12(17)13(10-11)18-5/h6-10,17H,1-5H3/b9-8+. The van der Waals surface area contributed by atoms with E-state index in [4.69, 9.17) is 14.0 Å². The van der Waals surface area contributed by atoms with E-state index < -0.39 is 0 Å². The van der Waals surface area contributed by atoms with Gasteiger partial charge in [0.15, 0.2) is 11.5 Å². The van der Waals surface area contributed by atoms with Crippen LogP contribution in [0.15, 0.2) is 24.2 Å². The first kappa shape index (κ1) is 14.9. The van der Waals surface area contributed by atoms with E-state index >= 15 is 0 Å². The number of phenolic OH excluding ortho intramolecular Hbond substituents is 1. The zero-order valence-corrected chi connectivity index (χ0v) is 12.6. The van der Waals surface area contributed by atoms with Crippen molar-refractivity contribution >= 4 is 13.2 Å². The highest BCUT2D eigenvalue weighted by molar-refractivity contribution is 6.52. The van der Waals surface area contributed by atoms with Gasteiger partial charge >= 0.3 is 7.12 Å². The third kappa shape index (κ3) is 2.84. The lowest BCUT2D eigenvalue weighted by molar-refractivity contribution is 0.00578. The number of hydrogen-bond acceptors (Lipinski definition) is 4. The Morgan fingerprint density at radius 3 is 2.30 bits per heavy atom. The first-order chi connectivity index (χ1) is 9.25. The Morgan fingerprint density at radius 2 is 1.75 bits per heavy atom. The van der Waals surface area contributed by atoms with Crippen molar-refractivity contribution in [1.29, 1.82) is 0 Å².